The van der Waals surface area contributed by atoms with Crippen molar-refractivity contribution in [1.82, 2.24) is 5.32 Å². The minimum Gasteiger partial charge on any atom is -0.445 e. The summed E-state index contributed by atoms with van der Waals surface area (Å²) in [5.41, 5.74) is 1.59. The molecule has 1 atom stereocenters. The predicted octanol–water partition coefficient (Wildman–Crippen LogP) is 4.36. The maximum absolute atomic E-state index is 12.7. The summed E-state index contributed by atoms with van der Waals surface area (Å²) < 4.78 is 15.9. The molecule has 1 heterocycles. The van der Waals surface area contributed by atoms with Crippen LogP contribution in [0.3, 0.4) is 0 Å². The van der Waals surface area contributed by atoms with Gasteiger partial charge in [0, 0.05) is 17.5 Å². The highest BCUT2D eigenvalue weighted by Gasteiger charge is 2.23. The molecule has 3 aromatic rings. The molecule has 0 fully saturated rings. The molecule has 31 heavy (non-hydrogen) atoms. The van der Waals surface area contributed by atoms with Crippen molar-refractivity contribution < 1.29 is 23.5 Å². The zero-order valence-electron chi connectivity index (χ0n) is 17.6. The molecule has 0 bridgehead atoms. The Morgan fingerprint density at radius 2 is 1.84 bits per heavy atom. The topological polar surface area (TPSA) is 94.8 Å². The summed E-state index contributed by atoms with van der Waals surface area (Å²) in [5.74, 6) is -0.388. The Balaban J connectivity index is 1.67. The van der Waals surface area contributed by atoms with E-state index in [2.05, 4.69) is 5.32 Å². The highest BCUT2D eigenvalue weighted by molar-refractivity contribution is 5.85. The summed E-state index contributed by atoms with van der Waals surface area (Å²) in [5, 5.41) is 3.35. The fourth-order valence-electron chi connectivity index (χ4n) is 3.20. The van der Waals surface area contributed by atoms with Crippen molar-refractivity contribution in [3.8, 4) is 5.75 Å². The lowest BCUT2D eigenvalue weighted by Crippen LogP contribution is -2.43. The van der Waals surface area contributed by atoms with Crippen molar-refractivity contribution >= 4 is 23.0 Å². The highest BCUT2D eigenvalue weighted by Crippen LogP contribution is 2.23. The molecule has 0 spiro atoms. The molecule has 1 N–H and O–H groups in total. The third-order valence-electron chi connectivity index (χ3n) is 4.77. The molecule has 7 nitrogen and oxygen atoms in total. The van der Waals surface area contributed by atoms with Gasteiger partial charge in [0.15, 0.2) is 0 Å². The number of carbonyl (C=O) groups is 2. The normalized spacial score (nSPS) is 11.7. The molecule has 0 radical (unpaired) electrons. The molecule has 1 amide bonds. The molecule has 2 aromatic carbocycles. The van der Waals surface area contributed by atoms with E-state index in [1.807, 2.05) is 44.2 Å². The van der Waals surface area contributed by atoms with Crippen molar-refractivity contribution in [2.45, 2.75) is 45.8 Å². The van der Waals surface area contributed by atoms with Gasteiger partial charge in [0.05, 0.1) is 0 Å². The fraction of sp³-hybridized carbons (Fsp3) is 0.292. The van der Waals surface area contributed by atoms with E-state index in [9.17, 15) is 14.4 Å². The minimum absolute atomic E-state index is 0.101. The van der Waals surface area contributed by atoms with Crippen molar-refractivity contribution in [2.24, 2.45) is 0 Å². The second-order valence-corrected chi connectivity index (χ2v) is 7.07. The van der Waals surface area contributed by atoms with E-state index in [4.69, 9.17) is 13.9 Å². The van der Waals surface area contributed by atoms with Gasteiger partial charge < -0.3 is 19.2 Å². The lowest BCUT2D eigenvalue weighted by atomic mass is 10.1. The van der Waals surface area contributed by atoms with Crippen LogP contribution in [-0.2, 0) is 22.6 Å². The number of nitrogens with one attached hydrogen (secondary N) is 1. The van der Waals surface area contributed by atoms with Crippen LogP contribution in [0.4, 0.5) is 4.79 Å². The number of rotatable bonds is 8. The van der Waals surface area contributed by atoms with Crippen LogP contribution in [-0.4, -0.2) is 18.1 Å². The first kappa shape index (κ1) is 22.1. The number of amides is 1. The Hall–Kier alpha value is -3.61. The fourth-order valence-corrected chi connectivity index (χ4v) is 3.20. The van der Waals surface area contributed by atoms with Gasteiger partial charge in [-0.25, -0.2) is 14.4 Å². The van der Waals surface area contributed by atoms with Crippen LogP contribution in [0.1, 0.15) is 37.8 Å². The number of fused-ring (bicyclic) bond motifs is 1. The molecule has 3 rings (SSSR count). The zero-order chi connectivity index (χ0) is 22.2. The Labute approximate surface area is 180 Å². The molecule has 0 saturated heterocycles. The summed E-state index contributed by atoms with van der Waals surface area (Å²) in [6.07, 6.45) is 1.03. The highest BCUT2D eigenvalue weighted by atomic mass is 16.6. The Bertz CT molecular complexity index is 1110. The van der Waals surface area contributed by atoms with Gasteiger partial charge in [0.25, 0.3) is 0 Å². The number of ether oxygens (including phenoxy) is 2. The molecule has 0 aliphatic rings. The molecule has 0 aliphatic heterocycles. The van der Waals surface area contributed by atoms with Crippen molar-refractivity contribution in [1.29, 1.82) is 0 Å². The smallest absolute Gasteiger partial charge is 0.408 e. The maximum Gasteiger partial charge on any atom is 0.408 e. The first-order valence-electron chi connectivity index (χ1n) is 10.3. The summed E-state index contributed by atoms with van der Waals surface area (Å²) in [4.78, 5) is 36.5. The standard InChI is InChI=1S/C24H25NO6/c1-3-8-20(25-24(28)29-15-16-9-6-5-7-10-16)23(27)30-18-11-12-19-17(4-2)13-22(26)31-21(19)14-18/h5-7,9-14,20H,3-4,8,15H2,1-2H3,(H,25,28). The Morgan fingerprint density at radius 3 is 2.55 bits per heavy atom. The van der Waals surface area contributed by atoms with E-state index < -0.39 is 23.7 Å². The van der Waals surface area contributed by atoms with Crippen molar-refractivity contribution in [3.05, 3.63) is 76.1 Å². The van der Waals surface area contributed by atoms with Crippen LogP contribution in [0, 0.1) is 0 Å². The lowest BCUT2D eigenvalue weighted by molar-refractivity contribution is -0.136. The largest absolute Gasteiger partial charge is 0.445 e. The van der Waals surface area contributed by atoms with Crippen LogP contribution < -0.4 is 15.7 Å². The predicted molar refractivity (Wildman–Crippen MR) is 116 cm³/mol. The first-order valence-corrected chi connectivity index (χ1v) is 10.3. The number of hydrogen-bond acceptors (Lipinski definition) is 6. The molecule has 1 aromatic heterocycles. The number of benzene rings is 2. The van der Waals surface area contributed by atoms with Crippen molar-refractivity contribution in [2.75, 3.05) is 0 Å². The average molecular weight is 423 g/mol. The van der Waals surface area contributed by atoms with E-state index in [1.165, 1.54) is 12.1 Å². The SMILES string of the molecule is CCCC(NC(=O)OCc1ccccc1)C(=O)Oc1ccc2c(CC)cc(=O)oc2c1. The minimum atomic E-state index is -0.863. The van der Waals surface area contributed by atoms with Crippen LogP contribution in [0.5, 0.6) is 5.75 Å². The van der Waals surface area contributed by atoms with Gasteiger partial charge in [-0.05, 0) is 36.1 Å². The summed E-state index contributed by atoms with van der Waals surface area (Å²) in [6, 6.07) is 14.7. The molecule has 0 saturated carbocycles. The van der Waals surface area contributed by atoms with E-state index in [0.29, 0.717) is 24.8 Å². The summed E-state index contributed by atoms with van der Waals surface area (Å²) >= 11 is 0. The maximum atomic E-state index is 12.7. The molecular formula is C24H25NO6. The van der Waals surface area contributed by atoms with E-state index in [-0.39, 0.29) is 12.4 Å². The number of hydrogen-bond donors (Lipinski definition) is 1. The van der Waals surface area contributed by atoms with Gasteiger partial charge in [-0.15, -0.1) is 0 Å². The van der Waals surface area contributed by atoms with Crippen LogP contribution in [0.25, 0.3) is 11.0 Å². The van der Waals surface area contributed by atoms with Gasteiger partial charge in [-0.1, -0.05) is 50.6 Å². The lowest BCUT2D eigenvalue weighted by Gasteiger charge is -2.17. The van der Waals surface area contributed by atoms with E-state index >= 15 is 0 Å². The number of carbonyl (C=O) groups excluding carboxylic acids is 2. The second kappa shape index (κ2) is 10.4. The quantitative estimate of drug-likeness (QED) is 0.329. The number of aryl methyl sites for hydroxylation is 1. The van der Waals surface area contributed by atoms with Gasteiger partial charge in [-0.3, -0.25) is 0 Å². The number of esters is 1. The van der Waals surface area contributed by atoms with Crippen LogP contribution in [0.2, 0.25) is 0 Å². The molecule has 7 heteroatoms. The monoisotopic (exact) mass is 423 g/mol. The Morgan fingerprint density at radius 1 is 1.06 bits per heavy atom. The molecule has 1 unspecified atom stereocenters. The van der Waals surface area contributed by atoms with Gasteiger partial charge in [0.2, 0.25) is 0 Å². The van der Waals surface area contributed by atoms with Gasteiger partial charge >= 0.3 is 17.7 Å². The number of alkyl carbamates (subject to hydrolysis) is 1. The zero-order valence-corrected chi connectivity index (χ0v) is 17.6. The summed E-state index contributed by atoms with van der Waals surface area (Å²) in [7, 11) is 0. The molecule has 162 valence electrons. The van der Waals surface area contributed by atoms with E-state index in [1.54, 1.807) is 12.1 Å². The van der Waals surface area contributed by atoms with Gasteiger partial charge in [0.1, 0.15) is 24.0 Å². The van der Waals surface area contributed by atoms with Crippen molar-refractivity contribution in [3.63, 3.8) is 0 Å². The third kappa shape index (κ3) is 5.94. The molecule has 0 aliphatic carbocycles. The second-order valence-electron chi connectivity index (χ2n) is 7.07. The van der Waals surface area contributed by atoms with Crippen LogP contribution in [0.15, 0.2) is 63.8 Å². The Kier molecular flexibility index (Phi) is 7.43. The van der Waals surface area contributed by atoms with Gasteiger partial charge in [-0.2, -0.15) is 0 Å². The van der Waals surface area contributed by atoms with Crippen LogP contribution >= 0.6 is 0 Å². The molecular weight excluding hydrogens is 398 g/mol. The van der Waals surface area contributed by atoms with E-state index in [0.717, 1.165) is 16.5 Å². The first-order chi connectivity index (χ1) is 15.0. The third-order valence-corrected chi connectivity index (χ3v) is 4.77. The average Bonchev–Trinajstić information content (AvgIpc) is 2.77. The summed E-state index contributed by atoms with van der Waals surface area (Å²) in [6.45, 7) is 3.94.